The fourth-order valence-corrected chi connectivity index (χ4v) is 3.25. The normalized spacial score (nSPS) is 12.6. The van der Waals surface area contributed by atoms with Gasteiger partial charge in [-0.2, -0.15) is 13.2 Å². The van der Waals surface area contributed by atoms with Gasteiger partial charge >= 0.3 is 6.18 Å². The molecule has 116 valence electrons. The molecule has 0 unspecified atom stereocenters. The highest BCUT2D eigenvalue weighted by Gasteiger charge is 2.37. The molecular formula is C17H10ClF3N2. The van der Waals surface area contributed by atoms with Crippen molar-refractivity contribution in [2.24, 2.45) is 0 Å². The second-order valence-electron chi connectivity index (χ2n) is 5.42. The molecule has 0 fully saturated rings. The van der Waals surface area contributed by atoms with Crippen LogP contribution in [0.2, 0.25) is 5.02 Å². The number of fused-ring (bicyclic) bond motifs is 5. The maximum Gasteiger partial charge on any atom is 0.435 e. The van der Waals surface area contributed by atoms with Crippen LogP contribution in [0.4, 0.5) is 13.2 Å². The lowest BCUT2D eigenvalue weighted by molar-refractivity contribution is -0.139. The Bertz CT molecular complexity index is 1080. The molecule has 2 aromatic heterocycles. The van der Waals surface area contributed by atoms with Gasteiger partial charge in [0.05, 0.1) is 22.1 Å². The maximum absolute atomic E-state index is 13.5. The molecule has 4 rings (SSSR count). The molecule has 0 bridgehead atoms. The van der Waals surface area contributed by atoms with Crippen LogP contribution in [-0.4, -0.2) is 9.38 Å². The fraction of sp³-hybridized carbons (Fsp3) is 0.118. The molecule has 0 aliphatic carbocycles. The molecule has 4 aromatic rings. The Labute approximate surface area is 134 Å². The van der Waals surface area contributed by atoms with Crippen molar-refractivity contribution in [2.45, 2.75) is 13.1 Å². The van der Waals surface area contributed by atoms with Crippen molar-refractivity contribution >= 4 is 39.1 Å². The molecule has 2 nitrogen and oxygen atoms in total. The molecule has 2 heterocycles. The number of para-hydroxylation sites is 1. The minimum atomic E-state index is -4.54. The summed E-state index contributed by atoms with van der Waals surface area (Å²) in [6.07, 6.45) is -4.54. The standard InChI is InChI=1S/C17H10ClF3N2/c1-9-11-4-2-3-5-13(11)23-14-7-6-10(18)8-12(14)22-16(15(9)23)17(19,20)21/h2-8H,1H3. The number of aromatic nitrogens is 2. The maximum atomic E-state index is 13.5. The summed E-state index contributed by atoms with van der Waals surface area (Å²) in [5, 5.41) is 1.13. The third-order valence-electron chi connectivity index (χ3n) is 4.03. The number of hydrogen-bond donors (Lipinski definition) is 0. The quantitative estimate of drug-likeness (QED) is 0.408. The first-order valence-corrected chi connectivity index (χ1v) is 7.32. The van der Waals surface area contributed by atoms with Gasteiger partial charge in [-0.15, -0.1) is 0 Å². The van der Waals surface area contributed by atoms with Crippen LogP contribution >= 0.6 is 11.6 Å². The third-order valence-corrected chi connectivity index (χ3v) is 4.27. The van der Waals surface area contributed by atoms with E-state index in [-0.39, 0.29) is 11.0 Å². The van der Waals surface area contributed by atoms with Gasteiger partial charge in [0.25, 0.3) is 0 Å². The van der Waals surface area contributed by atoms with E-state index in [9.17, 15) is 13.2 Å². The average molecular weight is 335 g/mol. The van der Waals surface area contributed by atoms with Crippen LogP contribution in [0.3, 0.4) is 0 Å². The van der Waals surface area contributed by atoms with Crippen LogP contribution in [-0.2, 0) is 6.18 Å². The summed E-state index contributed by atoms with van der Waals surface area (Å²) >= 11 is 5.93. The molecule has 0 spiro atoms. The fourth-order valence-electron chi connectivity index (χ4n) is 3.08. The molecule has 6 heteroatoms. The van der Waals surface area contributed by atoms with Crippen LogP contribution in [0.25, 0.3) is 27.5 Å². The first-order valence-electron chi connectivity index (χ1n) is 6.94. The van der Waals surface area contributed by atoms with E-state index in [1.54, 1.807) is 23.5 Å². The summed E-state index contributed by atoms with van der Waals surface area (Å²) < 4.78 is 42.3. The lowest BCUT2D eigenvalue weighted by Crippen LogP contribution is -2.11. The summed E-state index contributed by atoms with van der Waals surface area (Å²) in [6.45, 7) is 1.69. The highest BCUT2D eigenvalue weighted by atomic mass is 35.5. The molecule has 0 atom stereocenters. The number of hydrogen-bond acceptors (Lipinski definition) is 1. The summed E-state index contributed by atoms with van der Waals surface area (Å²) in [6, 6.07) is 12.1. The van der Waals surface area contributed by atoms with Crippen molar-refractivity contribution in [3.05, 3.63) is 58.7 Å². The minimum Gasteiger partial charge on any atom is -0.305 e. The van der Waals surface area contributed by atoms with E-state index in [4.69, 9.17) is 11.6 Å². The lowest BCUT2D eigenvalue weighted by Gasteiger charge is -2.12. The van der Waals surface area contributed by atoms with E-state index >= 15 is 0 Å². The topological polar surface area (TPSA) is 17.3 Å². The third kappa shape index (κ3) is 2.00. The van der Waals surface area contributed by atoms with E-state index in [2.05, 4.69) is 4.98 Å². The van der Waals surface area contributed by atoms with Crippen molar-refractivity contribution in [1.29, 1.82) is 0 Å². The first kappa shape index (κ1) is 14.3. The van der Waals surface area contributed by atoms with Crippen LogP contribution in [0.1, 0.15) is 11.3 Å². The summed E-state index contributed by atoms with van der Waals surface area (Å²) in [5.41, 5.74) is 1.31. The Balaban J connectivity index is 2.37. The Morgan fingerprint density at radius 1 is 1.04 bits per heavy atom. The van der Waals surface area contributed by atoms with E-state index in [1.165, 1.54) is 6.07 Å². The van der Waals surface area contributed by atoms with E-state index < -0.39 is 11.9 Å². The largest absolute Gasteiger partial charge is 0.435 e. The zero-order valence-electron chi connectivity index (χ0n) is 11.9. The summed E-state index contributed by atoms with van der Waals surface area (Å²) in [7, 11) is 0. The number of alkyl halides is 3. The number of benzene rings is 2. The molecule has 23 heavy (non-hydrogen) atoms. The predicted molar refractivity (Wildman–Crippen MR) is 85.0 cm³/mol. The first-order chi connectivity index (χ1) is 10.9. The second-order valence-corrected chi connectivity index (χ2v) is 5.85. The van der Waals surface area contributed by atoms with Gasteiger partial charge in [0.1, 0.15) is 0 Å². The predicted octanol–water partition coefficient (Wildman–Crippen LogP) is 5.62. The summed E-state index contributed by atoms with van der Waals surface area (Å²) in [5.74, 6) is 0. The molecule has 0 amide bonds. The monoisotopic (exact) mass is 334 g/mol. The zero-order valence-corrected chi connectivity index (χ0v) is 12.7. The smallest absolute Gasteiger partial charge is 0.305 e. The summed E-state index contributed by atoms with van der Waals surface area (Å²) in [4.78, 5) is 3.86. The van der Waals surface area contributed by atoms with Gasteiger partial charge in [-0.25, -0.2) is 4.98 Å². The minimum absolute atomic E-state index is 0.0912. The molecule has 0 radical (unpaired) electrons. The Morgan fingerprint density at radius 3 is 2.52 bits per heavy atom. The van der Waals surface area contributed by atoms with Gasteiger partial charge in [0.15, 0.2) is 5.69 Å². The Kier molecular flexibility index (Phi) is 2.87. The molecule has 0 aliphatic rings. The van der Waals surface area contributed by atoms with Crippen molar-refractivity contribution in [3.8, 4) is 0 Å². The number of halogens is 4. The van der Waals surface area contributed by atoms with Crippen molar-refractivity contribution < 1.29 is 13.2 Å². The highest BCUT2D eigenvalue weighted by molar-refractivity contribution is 6.31. The Morgan fingerprint density at radius 2 is 1.78 bits per heavy atom. The van der Waals surface area contributed by atoms with Gasteiger partial charge in [0, 0.05) is 10.4 Å². The van der Waals surface area contributed by atoms with E-state index in [0.717, 1.165) is 10.9 Å². The molecule has 0 N–H and O–H groups in total. The van der Waals surface area contributed by atoms with Crippen LogP contribution in [0.5, 0.6) is 0 Å². The molecule has 0 saturated carbocycles. The van der Waals surface area contributed by atoms with Crippen LogP contribution in [0, 0.1) is 6.92 Å². The average Bonchev–Trinajstić information content (AvgIpc) is 2.79. The second kappa shape index (κ2) is 4.61. The van der Waals surface area contributed by atoms with Crippen LogP contribution < -0.4 is 0 Å². The van der Waals surface area contributed by atoms with Gasteiger partial charge in [-0.3, -0.25) is 0 Å². The van der Waals surface area contributed by atoms with Crippen LogP contribution in [0.15, 0.2) is 42.5 Å². The van der Waals surface area contributed by atoms with Gasteiger partial charge in [-0.05, 0) is 36.8 Å². The number of rotatable bonds is 0. The lowest BCUT2D eigenvalue weighted by atomic mass is 10.1. The van der Waals surface area contributed by atoms with Crippen molar-refractivity contribution in [1.82, 2.24) is 9.38 Å². The molecule has 0 aliphatic heterocycles. The van der Waals surface area contributed by atoms with Crippen molar-refractivity contribution in [3.63, 3.8) is 0 Å². The molecule has 2 aromatic carbocycles. The molecular weight excluding hydrogens is 325 g/mol. The van der Waals surface area contributed by atoms with E-state index in [1.807, 2.05) is 24.3 Å². The van der Waals surface area contributed by atoms with E-state index in [0.29, 0.717) is 16.1 Å². The van der Waals surface area contributed by atoms with Crippen molar-refractivity contribution in [2.75, 3.05) is 0 Å². The number of aryl methyl sites for hydroxylation is 1. The van der Waals surface area contributed by atoms with Gasteiger partial charge < -0.3 is 4.40 Å². The van der Waals surface area contributed by atoms with Gasteiger partial charge in [-0.1, -0.05) is 29.8 Å². The van der Waals surface area contributed by atoms with Gasteiger partial charge in [0.2, 0.25) is 0 Å². The molecule has 0 saturated heterocycles. The highest BCUT2D eigenvalue weighted by Crippen LogP contribution is 2.38. The number of nitrogens with zero attached hydrogens (tertiary/aromatic N) is 2. The SMILES string of the molecule is Cc1c2ccccc2n2c1c(C(F)(F)F)nc1cc(Cl)ccc12. The Hall–Kier alpha value is -2.27. The zero-order chi connectivity index (χ0) is 16.4.